The summed E-state index contributed by atoms with van der Waals surface area (Å²) in [6.45, 7) is 2.23. The third-order valence-electron chi connectivity index (χ3n) is 2.68. The molecule has 1 aromatic carbocycles. The number of benzene rings is 1. The second-order valence-corrected chi connectivity index (χ2v) is 5.02. The molecule has 1 aliphatic rings. The molecule has 0 amide bonds. The third kappa shape index (κ3) is 3.21. The number of likely N-dealkylation sites (tertiary alicyclic amines) is 1. The zero-order valence-corrected chi connectivity index (χ0v) is 10.5. The van der Waals surface area contributed by atoms with E-state index in [0.717, 1.165) is 23.2 Å². The van der Waals surface area contributed by atoms with Crippen LogP contribution in [0.25, 0.3) is 0 Å². The molecule has 0 radical (unpaired) electrons. The van der Waals surface area contributed by atoms with Gasteiger partial charge in [-0.3, -0.25) is 0 Å². The van der Waals surface area contributed by atoms with Gasteiger partial charge >= 0.3 is 0 Å². The molecule has 1 saturated heterocycles. The van der Waals surface area contributed by atoms with Crippen molar-refractivity contribution >= 4 is 15.9 Å². The van der Waals surface area contributed by atoms with Crippen molar-refractivity contribution in [3.8, 4) is 5.75 Å². The zero-order valence-electron chi connectivity index (χ0n) is 8.95. The molecule has 3 heteroatoms. The molecule has 0 aromatic heterocycles. The van der Waals surface area contributed by atoms with Gasteiger partial charge in [0.1, 0.15) is 11.9 Å². The fraction of sp³-hybridized carbons (Fsp3) is 0.500. The van der Waals surface area contributed by atoms with Crippen molar-refractivity contribution in [2.45, 2.75) is 18.9 Å². The molecule has 0 saturated carbocycles. The molecule has 1 aromatic rings. The van der Waals surface area contributed by atoms with Crippen LogP contribution in [-0.2, 0) is 0 Å². The summed E-state index contributed by atoms with van der Waals surface area (Å²) in [5.41, 5.74) is 0. The minimum Gasteiger partial charge on any atom is -0.489 e. The standard InChI is InChI=1S/C12H16BrNO/c1-14-7-3-6-12(9-14)15-11-5-2-4-10(13)8-11/h2,4-5,8,12H,3,6-7,9H2,1H3. The van der Waals surface area contributed by atoms with Gasteiger partial charge in [-0.25, -0.2) is 0 Å². The summed E-state index contributed by atoms with van der Waals surface area (Å²) in [5.74, 6) is 0.963. The van der Waals surface area contributed by atoms with Crippen LogP contribution in [-0.4, -0.2) is 31.1 Å². The van der Waals surface area contributed by atoms with Crippen LogP contribution in [0.3, 0.4) is 0 Å². The molecule has 1 heterocycles. The first kappa shape index (κ1) is 11.0. The molecule has 0 bridgehead atoms. The summed E-state index contributed by atoms with van der Waals surface area (Å²) in [5, 5.41) is 0. The molecule has 1 atom stereocenters. The quantitative estimate of drug-likeness (QED) is 0.819. The van der Waals surface area contributed by atoms with E-state index < -0.39 is 0 Å². The number of hydrogen-bond acceptors (Lipinski definition) is 2. The maximum atomic E-state index is 5.93. The van der Waals surface area contributed by atoms with Gasteiger partial charge in [-0.1, -0.05) is 22.0 Å². The second kappa shape index (κ2) is 4.99. The van der Waals surface area contributed by atoms with Gasteiger partial charge in [0.15, 0.2) is 0 Å². The van der Waals surface area contributed by atoms with Crippen molar-refractivity contribution in [3.05, 3.63) is 28.7 Å². The van der Waals surface area contributed by atoms with Crippen LogP contribution in [0.4, 0.5) is 0 Å². The normalized spacial score (nSPS) is 22.7. The van der Waals surface area contributed by atoms with Gasteiger partial charge in [-0.2, -0.15) is 0 Å². The summed E-state index contributed by atoms with van der Waals surface area (Å²) in [7, 11) is 2.15. The summed E-state index contributed by atoms with van der Waals surface area (Å²) < 4.78 is 7.01. The first-order valence-electron chi connectivity index (χ1n) is 5.35. The molecule has 2 nitrogen and oxygen atoms in total. The SMILES string of the molecule is CN1CCCC(Oc2cccc(Br)c2)C1. The second-order valence-electron chi connectivity index (χ2n) is 4.10. The van der Waals surface area contributed by atoms with E-state index in [-0.39, 0.29) is 0 Å². The van der Waals surface area contributed by atoms with Gasteiger partial charge in [0, 0.05) is 11.0 Å². The number of rotatable bonds is 2. The number of ether oxygens (including phenoxy) is 1. The highest BCUT2D eigenvalue weighted by atomic mass is 79.9. The lowest BCUT2D eigenvalue weighted by Crippen LogP contribution is -2.38. The van der Waals surface area contributed by atoms with Gasteiger partial charge in [-0.05, 0) is 44.6 Å². The molecule has 2 rings (SSSR count). The van der Waals surface area contributed by atoms with Crippen LogP contribution in [0.1, 0.15) is 12.8 Å². The van der Waals surface area contributed by atoms with Gasteiger partial charge in [0.05, 0.1) is 0 Å². The Labute approximate surface area is 99.4 Å². The lowest BCUT2D eigenvalue weighted by atomic mass is 10.1. The average Bonchev–Trinajstić information content (AvgIpc) is 2.17. The third-order valence-corrected chi connectivity index (χ3v) is 3.17. The zero-order chi connectivity index (χ0) is 10.7. The predicted molar refractivity (Wildman–Crippen MR) is 65.3 cm³/mol. The van der Waals surface area contributed by atoms with E-state index >= 15 is 0 Å². The van der Waals surface area contributed by atoms with E-state index in [2.05, 4.69) is 27.9 Å². The number of likely N-dealkylation sites (N-methyl/N-ethyl adjacent to an activating group) is 1. The van der Waals surface area contributed by atoms with Crippen LogP contribution >= 0.6 is 15.9 Å². The minimum atomic E-state index is 0.345. The molecule has 82 valence electrons. The summed E-state index contributed by atoms with van der Waals surface area (Å²) >= 11 is 3.45. The van der Waals surface area contributed by atoms with Gasteiger partial charge in [-0.15, -0.1) is 0 Å². The van der Waals surface area contributed by atoms with Crippen molar-refractivity contribution in [1.29, 1.82) is 0 Å². The Morgan fingerprint density at radius 2 is 2.33 bits per heavy atom. The van der Waals surface area contributed by atoms with E-state index in [9.17, 15) is 0 Å². The van der Waals surface area contributed by atoms with Crippen LogP contribution in [0.15, 0.2) is 28.7 Å². The highest BCUT2D eigenvalue weighted by Gasteiger charge is 2.18. The molecule has 0 aliphatic carbocycles. The summed E-state index contributed by atoms with van der Waals surface area (Å²) in [6.07, 6.45) is 2.74. The van der Waals surface area contributed by atoms with Gasteiger partial charge in [0.25, 0.3) is 0 Å². The van der Waals surface area contributed by atoms with Crippen molar-refractivity contribution in [1.82, 2.24) is 4.90 Å². The van der Waals surface area contributed by atoms with E-state index in [1.54, 1.807) is 0 Å². The van der Waals surface area contributed by atoms with Crippen LogP contribution in [0.5, 0.6) is 5.75 Å². The van der Waals surface area contributed by atoms with Crippen LogP contribution in [0.2, 0.25) is 0 Å². The van der Waals surface area contributed by atoms with E-state index in [0.29, 0.717) is 6.10 Å². The number of piperidine rings is 1. The lowest BCUT2D eigenvalue weighted by molar-refractivity contribution is 0.104. The number of nitrogens with zero attached hydrogens (tertiary/aromatic N) is 1. The Morgan fingerprint density at radius 1 is 1.47 bits per heavy atom. The molecule has 15 heavy (non-hydrogen) atoms. The molecule has 1 aliphatic heterocycles. The summed E-state index contributed by atoms with van der Waals surface area (Å²) in [4.78, 5) is 2.33. The first-order valence-corrected chi connectivity index (χ1v) is 6.14. The first-order chi connectivity index (χ1) is 7.24. The average molecular weight is 270 g/mol. The topological polar surface area (TPSA) is 12.5 Å². The smallest absolute Gasteiger partial charge is 0.120 e. The maximum absolute atomic E-state index is 5.93. The molecule has 1 fully saturated rings. The fourth-order valence-electron chi connectivity index (χ4n) is 1.95. The molecular formula is C12H16BrNO. The Bertz CT molecular complexity index is 329. The molecule has 1 unspecified atom stereocenters. The van der Waals surface area contributed by atoms with Crippen LogP contribution < -0.4 is 4.74 Å². The van der Waals surface area contributed by atoms with E-state index in [4.69, 9.17) is 4.74 Å². The van der Waals surface area contributed by atoms with Crippen molar-refractivity contribution in [2.75, 3.05) is 20.1 Å². The molecule has 0 spiro atoms. The summed E-state index contributed by atoms with van der Waals surface area (Å²) in [6, 6.07) is 8.06. The largest absolute Gasteiger partial charge is 0.489 e. The van der Waals surface area contributed by atoms with Gasteiger partial charge in [0.2, 0.25) is 0 Å². The lowest BCUT2D eigenvalue weighted by Gasteiger charge is -2.30. The Balaban J connectivity index is 1.96. The Morgan fingerprint density at radius 3 is 3.07 bits per heavy atom. The van der Waals surface area contributed by atoms with Crippen molar-refractivity contribution < 1.29 is 4.74 Å². The number of hydrogen-bond donors (Lipinski definition) is 0. The van der Waals surface area contributed by atoms with Crippen molar-refractivity contribution in [3.63, 3.8) is 0 Å². The van der Waals surface area contributed by atoms with Crippen LogP contribution in [0, 0.1) is 0 Å². The Kier molecular flexibility index (Phi) is 3.65. The highest BCUT2D eigenvalue weighted by molar-refractivity contribution is 9.10. The maximum Gasteiger partial charge on any atom is 0.120 e. The fourth-order valence-corrected chi connectivity index (χ4v) is 2.33. The van der Waals surface area contributed by atoms with Gasteiger partial charge < -0.3 is 9.64 Å². The predicted octanol–water partition coefficient (Wildman–Crippen LogP) is 2.92. The highest BCUT2D eigenvalue weighted by Crippen LogP contribution is 2.21. The minimum absolute atomic E-state index is 0.345. The monoisotopic (exact) mass is 269 g/mol. The van der Waals surface area contributed by atoms with E-state index in [1.807, 2.05) is 24.3 Å². The number of halogens is 1. The molecular weight excluding hydrogens is 254 g/mol. The van der Waals surface area contributed by atoms with Crippen molar-refractivity contribution in [2.24, 2.45) is 0 Å². The molecule has 0 N–H and O–H groups in total. The van der Waals surface area contributed by atoms with E-state index in [1.165, 1.54) is 13.0 Å². The Hall–Kier alpha value is -0.540.